The molecule has 0 amide bonds. The topological polar surface area (TPSA) is 101 Å². The summed E-state index contributed by atoms with van der Waals surface area (Å²) in [5, 5.41) is 11.3. The van der Waals surface area contributed by atoms with Crippen molar-refractivity contribution in [1.82, 2.24) is 5.43 Å². The van der Waals surface area contributed by atoms with Gasteiger partial charge in [0.25, 0.3) is 0 Å². The van der Waals surface area contributed by atoms with Crippen molar-refractivity contribution in [3.05, 3.63) is 45.1 Å². The van der Waals surface area contributed by atoms with Crippen LogP contribution < -0.4 is 11.2 Å². The van der Waals surface area contributed by atoms with Crippen molar-refractivity contribution in [3.63, 3.8) is 0 Å². The second kappa shape index (κ2) is 8.65. The van der Waals surface area contributed by atoms with Crippen LogP contribution in [0.4, 0.5) is 0 Å². The quantitative estimate of drug-likeness (QED) is 0.434. The summed E-state index contributed by atoms with van der Waals surface area (Å²) in [4.78, 5) is 0. The van der Waals surface area contributed by atoms with Gasteiger partial charge in [0, 0.05) is 0 Å². The first-order valence-electron chi connectivity index (χ1n) is 5.30. The third-order valence-corrected chi connectivity index (χ3v) is 2.76. The van der Waals surface area contributed by atoms with Crippen LogP contribution >= 0.6 is 44.3 Å². The summed E-state index contributed by atoms with van der Waals surface area (Å²) in [6.45, 7) is 0. The third-order valence-electron chi connectivity index (χ3n) is 1.91. The van der Waals surface area contributed by atoms with Gasteiger partial charge in [0.05, 0.1) is 12.4 Å². The fraction of sp³-hybridized carbons (Fsp3) is 0. The molecule has 10 heteroatoms. The average molecular weight is 439 g/mol. The Morgan fingerprint density at radius 3 is 2.14 bits per heavy atom. The molecule has 7 nitrogen and oxygen atoms in total. The van der Waals surface area contributed by atoms with E-state index in [9.17, 15) is 0 Å². The number of furan rings is 2. The van der Waals surface area contributed by atoms with Crippen molar-refractivity contribution >= 4 is 62.7 Å². The zero-order chi connectivity index (χ0) is 14.4. The molecule has 2 rings (SSSR count). The summed E-state index contributed by atoms with van der Waals surface area (Å²) in [7, 11) is 0. The maximum absolute atomic E-state index is 5.54. The molecule has 3 N–H and O–H groups in total. The molecule has 2 heterocycles. The van der Waals surface area contributed by atoms with E-state index < -0.39 is 0 Å². The SMILES string of the molecule is Cl.NC(=NN=Cc1ccc(Br)o1)NN=Cc1ccc(Br)o1. The fourth-order valence-electron chi connectivity index (χ4n) is 1.13. The van der Waals surface area contributed by atoms with Gasteiger partial charge in [-0.2, -0.15) is 10.2 Å². The van der Waals surface area contributed by atoms with Crippen LogP contribution in [0, 0.1) is 0 Å². The Balaban J connectivity index is 0.00000220. The standard InChI is InChI=1S/C11H9Br2N5O2.ClH/c12-9-3-1-7(19-9)5-15-17-11(14)18-16-6-8-2-4-10(13)20-8;/h1-6H,(H3,14,17,18);1H. The van der Waals surface area contributed by atoms with E-state index in [1.54, 1.807) is 24.3 Å². The first kappa shape index (κ1) is 17.5. The minimum atomic E-state index is 0. The van der Waals surface area contributed by atoms with Crippen LogP contribution in [0.15, 0.2) is 57.7 Å². The largest absolute Gasteiger partial charge is 0.448 e. The Morgan fingerprint density at radius 1 is 1.05 bits per heavy atom. The predicted octanol–water partition coefficient (Wildman–Crippen LogP) is 3.09. The Hall–Kier alpha value is -1.58. The smallest absolute Gasteiger partial charge is 0.234 e. The van der Waals surface area contributed by atoms with E-state index in [2.05, 4.69) is 52.6 Å². The van der Waals surface area contributed by atoms with Gasteiger partial charge < -0.3 is 14.6 Å². The van der Waals surface area contributed by atoms with Crippen molar-refractivity contribution < 1.29 is 8.83 Å². The lowest BCUT2D eigenvalue weighted by Gasteiger charge is -1.94. The summed E-state index contributed by atoms with van der Waals surface area (Å²) in [5.74, 6) is 1.16. The highest BCUT2D eigenvalue weighted by Gasteiger charge is 1.95. The zero-order valence-corrected chi connectivity index (χ0v) is 14.4. The highest BCUT2D eigenvalue weighted by molar-refractivity contribution is 9.10. The van der Waals surface area contributed by atoms with Crippen LogP contribution in [-0.4, -0.2) is 18.4 Å². The van der Waals surface area contributed by atoms with Crippen LogP contribution in [0.1, 0.15) is 11.5 Å². The van der Waals surface area contributed by atoms with Gasteiger partial charge in [0.15, 0.2) is 9.34 Å². The van der Waals surface area contributed by atoms with Gasteiger partial charge in [0.1, 0.15) is 11.5 Å². The number of rotatable bonds is 4. The second-order valence-electron chi connectivity index (χ2n) is 3.38. The van der Waals surface area contributed by atoms with Crippen molar-refractivity contribution in [2.75, 3.05) is 0 Å². The van der Waals surface area contributed by atoms with E-state index in [1.165, 1.54) is 12.4 Å². The lowest BCUT2D eigenvalue weighted by Crippen LogP contribution is -2.26. The molecule has 0 spiro atoms. The van der Waals surface area contributed by atoms with Gasteiger partial charge in [-0.15, -0.1) is 17.5 Å². The van der Waals surface area contributed by atoms with Crippen molar-refractivity contribution in [2.45, 2.75) is 0 Å². The molecule has 0 radical (unpaired) electrons. The number of hydrogen-bond donors (Lipinski definition) is 2. The molecule has 2 aromatic heterocycles. The Kier molecular flexibility index (Phi) is 7.20. The molecule has 0 aromatic carbocycles. The molecule has 0 saturated carbocycles. The van der Waals surface area contributed by atoms with E-state index in [0.717, 1.165) is 0 Å². The monoisotopic (exact) mass is 437 g/mol. The van der Waals surface area contributed by atoms with Gasteiger partial charge in [-0.05, 0) is 56.1 Å². The maximum Gasteiger partial charge on any atom is 0.234 e. The zero-order valence-electron chi connectivity index (χ0n) is 10.4. The lowest BCUT2D eigenvalue weighted by molar-refractivity contribution is 0.534. The lowest BCUT2D eigenvalue weighted by atomic mass is 10.5. The molecule has 0 fully saturated rings. The number of guanidine groups is 1. The van der Waals surface area contributed by atoms with Crippen molar-refractivity contribution in [2.24, 2.45) is 21.0 Å². The average Bonchev–Trinajstić information content (AvgIpc) is 2.99. The number of hydrogen-bond acceptors (Lipinski definition) is 5. The van der Waals surface area contributed by atoms with Gasteiger partial charge >= 0.3 is 0 Å². The van der Waals surface area contributed by atoms with Gasteiger partial charge in [-0.3, -0.25) is 0 Å². The maximum atomic E-state index is 5.54. The Morgan fingerprint density at radius 2 is 1.62 bits per heavy atom. The highest BCUT2D eigenvalue weighted by atomic mass is 79.9. The molecule has 0 unspecified atom stereocenters. The molecule has 112 valence electrons. The summed E-state index contributed by atoms with van der Waals surface area (Å²) < 4.78 is 11.6. The molecular formula is C11H10Br2ClN5O2. The number of nitrogens with one attached hydrogen (secondary N) is 1. The molecule has 0 bridgehead atoms. The van der Waals surface area contributed by atoms with E-state index in [-0.39, 0.29) is 18.4 Å². The second-order valence-corrected chi connectivity index (χ2v) is 4.95. The normalized spacial score (nSPS) is 12.0. The van der Waals surface area contributed by atoms with E-state index in [0.29, 0.717) is 20.9 Å². The van der Waals surface area contributed by atoms with Crippen LogP contribution in [0.25, 0.3) is 0 Å². The third kappa shape index (κ3) is 6.15. The molecule has 0 aliphatic carbocycles. The highest BCUT2D eigenvalue weighted by Crippen LogP contribution is 2.12. The predicted molar refractivity (Wildman–Crippen MR) is 90.0 cm³/mol. The van der Waals surface area contributed by atoms with Gasteiger partial charge in [-0.25, -0.2) is 5.43 Å². The minimum Gasteiger partial charge on any atom is -0.448 e. The summed E-state index contributed by atoms with van der Waals surface area (Å²) in [5.41, 5.74) is 8.04. The fourth-order valence-corrected chi connectivity index (χ4v) is 1.77. The van der Waals surface area contributed by atoms with Crippen LogP contribution in [0.2, 0.25) is 0 Å². The van der Waals surface area contributed by atoms with Crippen molar-refractivity contribution in [1.29, 1.82) is 0 Å². The molecular weight excluding hydrogens is 429 g/mol. The minimum absolute atomic E-state index is 0. The van der Waals surface area contributed by atoms with Gasteiger partial charge in [0.2, 0.25) is 5.96 Å². The van der Waals surface area contributed by atoms with Crippen LogP contribution in [0.3, 0.4) is 0 Å². The number of halogens is 3. The van der Waals surface area contributed by atoms with Crippen LogP contribution in [0.5, 0.6) is 0 Å². The molecule has 21 heavy (non-hydrogen) atoms. The molecule has 0 atom stereocenters. The van der Waals surface area contributed by atoms with Crippen LogP contribution in [-0.2, 0) is 0 Å². The Labute approximate surface area is 143 Å². The summed E-state index contributed by atoms with van der Waals surface area (Å²) in [6.07, 6.45) is 2.88. The van der Waals surface area contributed by atoms with Crippen molar-refractivity contribution in [3.8, 4) is 0 Å². The van der Waals surface area contributed by atoms with E-state index in [1.807, 2.05) is 0 Å². The number of nitrogens with zero attached hydrogens (tertiary/aromatic N) is 3. The first-order valence-corrected chi connectivity index (χ1v) is 6.88. The summed E-state index contributed by atoms with van der Waals surface area (Å²) >= 11 is 6.36. The number of hydrazone groups is 1. The first-order chi connectivity index (χ1) is 9.63. The molecule has 0 aliphatic rings. The molecule has 2 aromatic rings. The molecule has 0 aliphatic heterocycles. The van der Waals surface area contributed by atoms with Gasteiger partial charge in [-0.1, -0.05) is 0 Å². The van der Waals surface area contributed by atoms with E-state index in [4.69, 9.17) is 14.6 Å². The number of nitrogens with two attached hydrogens (primary N) is 1. The van der Waals surface area contributed by atoms with E-state index >= 15 is 0 Å². The Bertz CT molecular complexity index is 665. The summed E-state index contributed by atoms with van der Waals surface area (Å²) in [6, 6.07) is 6.98. The molecule has 0 saturated heterocycles.